The highest BCUT2D eigenvalue weighted by molar-refractivity contribution is 7.10. The highest BCUT2D eigenvalue weighted by Gasteiger charge is 2.35. The number of halogens is 3. The number of nitro benzene ring substituents is 1. The fourth-order valence-electron chi connectivity index (χ4n) is 1.93. The highest BCUT2D eigenvalue weighted by Crippen LogP contribution is 2.37. The summed E-state index contributed by atoms with van der Waals surface area (Å²) in [6.07, 6.45) is -4.97. The monoisotopic (exact) mass is 388 g/mol. The summed E-state index contributed by atoms with van der Waals surface area (Å²) in [4.78, 5) is 33.6. The highest BCUT2D eigenvalue weighted by atomic mass is 32.1. The number of nitrogens with one attached hydrogen (secondary N) is 1. The molecule has 26 heavy (non-hydrogen) atoms. The zero-order valence-electron chi connectivity index (χ0n) is 12.9. The number of nitro groups is 1. The molecule has 11 heteroatoms. The molecule has 0 saturated carbocycles. The second-order valence-corrected chi connectivity index (χ2v) is 5.98. The molecule has 0 aliphatic heterocycles. The smallest absolute Gasteiger partial charge is 0.418 e. The number of alkyl halides is 3. The van der Waals surface area contributed by atoms with E-state index in [1.54, 1.807) is 17.5 Å². The molecule has 2 aromatic rings. The number of hydrogen-bond acceptors (Lipinski definition) is 6. The second-order valence-electron chi connectivity index (χ2n) is 4.95. The summed E-state index contributed by atoms with van der Waals surface area (Å²) in [6.45, 7) is -0.779. The fourth-order valence-corrected chi connectivity index (χ4v) is 2.62. The number of benzene rings is 1. The third-order valence-corrected chi connectivity index (χ3v) is 3.93. The zero-order valence-corrected chi connectivity index (χ0v) is 13.7. The van der Waals surface area contributed by atoms with Gasteiger partial charge in [-0.25, -0.2) is 0 Å². The first kappa shape index (κ1) is 19.4. The van der Waals surface area contributed by atoms with Gasteiger partial charge in [-0.1, -0.05) is 6.07 Å². The Morgan fingerprint density at radius 3 is 2.58 bits per heavy atom. The molecule has 0 aliphatic rings. The van der Waals surface area contributed by atoms with Gasteiger partial charge in [0.05, 0.1) is 22.6 Å². The molecule has 1 aromatic heterocycles. The first-order chi connectivity index (χ1) is 12.2. The average Bonchev–Trinajstić information content (AvgIpc) is 3.05. The molecular formula is C15H11F3N2O5S. The first-order valence-corrected chi connectivity index (χ1v) is 7.88. The molecule has 7 nitrogen and oxygen atoms in total. The molecule has 0 spiro atoms. The van der Waals surface area contributed by atoms with Crippen molar-refractivity contribution in [3.05, 3.63) is 56.3 Å². The summed E-state index contributed by atoms with van der Waals surface area (Å²) >= 11 is 1.32. The molecule has 0 aliphatic carbocycles. The van der Waals surface area contributed by atoms with E-state index < -0.39 is 46.5 Å². The van der Waals surface area contributed by atoms with E-state index in [2.05, 4.69) is 0 Å². The van der Waals surface area contributed by atoms with Crippen LogP contribution in [0.1, 0.15) is 10.4 Å². The zero-order chi connectivity index (χ0) is 19.3. The number of carbonyl (C=O) groups excluding carboxylic acids is 2. The van der Waals surface area contributed by atoms with Gasteiger partial charge in [-0.2, -0.15) is 13.2 Å². The van der Waals surface area contributed by atoms with Crippen molar-refractivity contribution in [2.75, 3.05) is 11.9 Å². The molecule has 0 bridgehead atoms. The average molecular weight is 388 g/mol. The van der Waals surface area contributed by atoms with Gasteiger partial charge in [0.1, 0.15) is 0 Å². The van der Waals surface area contributed by atoms with Crippen LogP contribution in [0.3, 0.4) is 0 Å². The van der Waals surface area contributed by atoms with Gasteiger partial charge in [0.2, 0.25) is 0 Å². The molecule has 1 amide bonds. The third kappa shape index (κ3) is 5.28. The summed E-state index contributed by atoms with van der Waals surface area (Å²) in [7, 11) is 0. The predicted octanol–water partition coefficient (Wildman–Crippen LogP) is 3.40. The third-order valence-electron chi connectivity index (χ3n) is 3.06. The van der Waals surface area contributed by atoms with E-state index in [1.165, 1.54) is 11.3 Å². The number of carbonyl (C=O) groups is 2. The normalized spacial score (nSPS) is 11.0. The van der Waals surface area contributed by atoms with Crippen LogP contribution in [-0.2, 0) is 26.9 Å². The molecule has 138 valence electrons. The summed E-state index contributed by atoms with van der Waals surface area (Å²) in [6, 6.07) is 5.34. The van der Waals surface area contributed by atoms with E-state index in [4.69, 9.17) is 4.74 Å². The molecule has 0 fully saturated rings. The molecule has 0 saturated heterocycles. The molecule has 1 aromatic carbocycles. The maximum absolute atomic E-state index is 13.0. The number of amides is 1. The number of thiophene rings is 1. The van der Waals surface area contributed by atoms with Gasteiger partial charge in [-0.3, -0.25) is 19.7 Å². The topological polar surface area (TPSA) is 98.5 Å². The minimum Gasteiger partial charge on any atom is -0.455 e. The molecule has 1 N–H and O–H groups in total. The van der Waals surface area contributed by atoms with Crippen molar-refractivity contribution in [1.29, 1.82) is 0 Å². The minimum atomic E-state index is -4.91. The summed E-state index contributed by atoms with van der Waals surface area (Å²) in [5.74, 6) is -1.70. The fraction of sp³-hybridized carbons (Fsp3) is 0.200. The van der Waals surface area contributed by atoms with E-state index in [0.29, 0.717) is 10.9 Å². The Morgan fingerprint density at radius 1 is 1.27 bits per heavy atom. The molecule has 0 atom stereocenters. The number of ether oxygens (including phenoxy) is 1. The minimum absolute atomic E-state index is 0.0592. The molecular weight excluding hydrogens is 377 g/mol. The van der Waals surface area contributed by atoms with Gasteiger partial charge < -0.3 is 10.1 Å². The van der Waals surface area contributed by atoms with Gasteiger partial charge in [0.15, 0.2) is 6.61 Å². The van der Waals surface area contributed by atoms with Gasteiger partial charge in [0, 0.05) is 17.0 Å². The van der Waals surface area contributed by atoms with Crippen molar-refractivity contribution in [2.45, 2.75) is 12.6 Å². The molecule has 1 heterocycles. The van der Waals surface area contributed by atoms with Crippen molar-refractivity contribution in [1.82, 2.24) is 0 Å². The quantitative estimate of drug-likeness (QED) is 0.465. The Balaban J connectivity index is 2.01. The maximum Gasteiger partial charge on any atom is 0.418 e. The maximum atomic E-state index is 13.0. The van der Waals surface area contributed by atoms with Gasteiger partial charge in [-0.15, -0.1) is 11.3 Å². The number of esters is 1. The van der Waals surface area contributed by atoms with Crippen molar-refractivity contribution in [3.63, 3.8) is 0 Å². The first-order valence-electron chi connectivity index (χ1n) is 7.00. The van der Waals surface area contributed by atoms with E-state index in [-0.39, 0.29) is 6.42 Å². The van der Waals surface area contributed by atoms with E-state index in [1.807, 2.05) is 5.32 Å². The Kier molecular flexibility index (Phi) is 5.93. The van der Waals surface area contributed by atoms with Crippen molar-refractivity contribution >= 4 is 34.6 Å². The summed E-state index contributed by atoms with van der Waals surface area (Å²) in [5.41, 5.74) is -2.80. The Bertz CT molecular complexity index is 821. The van der Waals surface area contributed by atoms with Crippen LogP contribution in [0.4, 0.5) is 24.5 Å². The molecule has 0 radical (unpaired) electrons. The lowest BCUT2D eigenvalue weighted by Crippen LogP contribution is -2.23. The molecule has 0 unspecified atom stereocenters. The van der Waals surface area contributed by atoms with Crippen LogP contribution in [0.2, 0.25) is 0 Å². The van der Waals surface area contributed by atoms with Gasteiger partial charge in [-0.05, 0) is 17.5 Å². The largest absolute Gasteiger partial charge is 0.455 e. The summed E-state index contributed by atoms with van der Waals surface area (Å²) < 4.78 is 43.7. The Labute approximate surface area is 148 Å². The number of non-ortho nitro benzene ring substituents is 1. The van der Waals surface area contributed by atoms with E-state index >= 15 is 0 Å². The van der Waals surface area contributed by atoms with Crippen molar-refractivity contribution in [3.8, 4) is 0 Å². The Hall–Kier alpha value is -2.95. The van der Waals surface area contributed by atoms with Crippen LogP contribution in [0, 0.1) is 10.1 Å². The van der Waals surface area contributed by atoms with E-state index in [9.17, 15) is 32.9 Å². The Morgan fingerprint density at radius 2 is 2.00 bits per heavy atom. The second kappa shape index (κ2) is 7.95. The number of hydrogen-bond donors (Lipinski definition) is 1. The van der Waals surface area contributed by atoms with Crippen LogP contribution < -0.4 is 5.32 Å². The van der Waals surface area contributed by atoms with Crippen molar-refractivity contribution in [2.24, 2.45) is 0 Å². The standard InChI is InChI=1S/C15H11F3N2O5S/c16-15(17,18)11-6-9(20(23)24)3-4-12(11)19-13(21)8-25-14(22)7-10-2-1-5-26-10/h1-6H,7-8H2,(H,19,21). The summed E-state index contributed by atoms with van der Waals surface area (Å²) in [5, 5.41) is 14.3. The van der Waals surface area contributed by atoms with E-state index in [0.717, 1.165) is 12.1 Å². The van der Waals surface area contributed by atoms with Crippen molar-refractivity contribution < 1.29 is 32.4 Å². The van der Waals surface area contributed by atoms with Crippen LogP contribution in [0.15, 0.2) is 35.7 Å². The lowest BCUT2D eigenvalue weighted by molar-refractivity contribution is -0.385. The van der Waals surface area contributed by atoms with Gasteiger partial charge >= 0.3 is 12.1 Å². The lowest BCUT2D eigenvalue weighted by atomic mass is 10.1. The van der Waals surface area contributed by atoms with Crippen LogP contribution >= 0.6 is 11.3 Å². The predicted molar refractivity (Wildman–Crippen MR) is 85.7 cm³/mol. The SMILES string of the molecule is O=C(COC(=O)Cc1cccs1)Nc1ccc([N+](=O)[O-])cc1C(F)(F)F. The number of nitrogens with zero attached hydrogens (tertiary/aromatic N) is 1. The lowest BCUT2D eigenvalue weighted by Gasteiger charge is -2.13. The van der Waals surface area contributed by atoms with Crippen LogP contribution in [-0.4, -0.2) is 23.4 Å². The van der Waals surface area contributed by atoms with Crippen LogP contribution in [0.5, 0.6) is 0 Å². The van der Waals surface area contributed by atoms with Crippen LogP contribution in [0.25, 0.3) is 0 Å². The number of rotatable bonds is 6. The molecule has 2 rings (SSSR count). The number of anilines is 1. The van der Waals surface area contributed by atoms with Gasteiger partial charge in [0.25, 0.3) is 11.6 Å².